The van der Waals surface area contributed by atoms with Crippen LogP contribution in [0.2, 0.25) is 0 Å². The summed E-state index contributed by atoms with van der Waals surface area (Å²) in [5.74, 6) is 0.711. The smallest absolute Gasteiger partial charge is 0.251 e. The van der Waals surface area contributed by atoms with Gasteiger partial charge in [0.2, 0.25) is 0 Å². The number of nitrogens with one attached hydrogen (secondary N) is 1. The van der Waals surface area contributed by atoms with E-state index in [4.69, 9.17) is 9.47 Å². The average molecular weight is 325 g/mol. The molecule has 1 atom stereocenters. The van der Waals surface area contributed by atoms with Crippen LogP contribution in [0.4, 0.5) is 0 Å². The summed E-state index contributed by atoms with van der Waals surface area (Å²) >= 11 is 0. The fourth-order valence-corrected chi connectivity index (χ4v) is 2.73. The first kappa shape index (κ1) is 16.5. The Hall–Kier alpha value is -2.33. The maximum Gasteiger partial charge on any atom is 0.251 e. The fraction of sp³-hybridized carbons (Fsp3) is 0.350. The van der Waals surface area contributed by atoms with Gasteiger partial charge in [0.15, 0.2) is 0 Å². The molecule has 1 amide bonds. The van der Waals surface area contributed by atoms with Crippen LogP contribution in [-0.4, -0.2) is 31.8 Å². The summed E-state index contributed by atoms with van der Waals surface area (Å²) in [6.07, 6.45) is 3.19. The zero-order chi connectivity index (χ0) is 16.6. The second-order valence-corrected chi connectivity index (χ2v) is 5.96. The van der Waals surface area contributed by atoms with Crippen LogP contribution in [0.15, 0.2) is 54.6 Å². The van der Waals surface area contributed by atoms with Crippen molar-refractivity contribution in [2.45, 2.75) is 25.4 Å². The maximum atomic E-state index is 12.1. The van der Waals surface area contributed by atoms with Crippen molar-refractivity contribution in [3.05, 3.63) is 65.7 Å². The lowest BCUT2D eigenvalue weighted by Crippen LogP contribution is -2.25. The summed E-state index contributed by atoms with van der Waals surface area (Å²) in [4.78, 5) is 12.1. The molecule has 2 aromatic rings. The molecule has 0 saturated carbocycles. The van der Waals surface area contributed by atoms with Gasteiger partial charge in [-0.3, -0.25) is 4.79 Å². The molecule has 1 fully saturated rings. The molecule has 24 heavy (non-hydrogen) atoms. The van der Waals surface area contributed by atoms with E-state index >= 15 is 0 Å². The summed E-state index contributed by atoms with van der Waals surface area (Å²) in [6.45, 7) is 2.03. The van der Waals surface area contributed by atoms with Gasteiger partial charge >= 0.3 is 0 Å². The van der Waals surface area contributed by atoms with Crippen LogP contribution in [0.3, 0.4) is 0 Å². The predicted molar refractivity (Wildman–Crippen MR) is 93.4 cm³/mol. The van der Waals surface area contributed by atoms with E-state index in [2.05, 4.69) is 17.4 Å². The van der Waals surface area contributed by atoms with Crippen LogP contribution >= 0.6 is 0 Å². The highest BCUT2D eigenvalue weighted by molar-refractivity contribution is 5.94. The average Bonchev–Trinajstić information content (AvgIpc) is 3.15. The van der Waals surface area contributed by atoms with E-state index in [1.165, 1.54) is 5.56 Å². The minimum Gasteiger partial charge on any atom is -0.491 e. The molecular formula is C20H23NO3. The van der Waals surface area contributed by atoms with Crippen LogP contribution < -0.4 is 10.1 Å². The second-order valence-electron chi connectivity index (χ2n) is 5.96. The quantitative estimate of drug-likeness (QED) is 0.850. The number of hydrogen-bond acceptors (Lipinski definition) is 3. The van der Waals surface area contributed by atoms with Gasteiger partial charge in [0.05, 0.1) is 6.10 Å². The van der Waals surface area contributed by atoms with Gasteiger partial charge in [0.25, 0.3) is 5.91 Å². The lowest BCUT2D eigenvalue weighted by molar-refractivity contribution is 0.0679. The highest BCUT2D eigenvalue weighted by Crippen LogP contribution is 2.16. The number of carbonyl (C=O) groups is 1. The van der Waals surface area contributed by atoms with Crippen molar-refractivity contribution in [1.29, 1.82) is 0 Å². The second kappa shape index (κ2) is 8.50. The van der Waals surface area contributed by atoms with E-state index in [0.29, 0.717) is 18.7 Å². The zero-order valence-electron chi connectivity index (χ0n) is 13.7. The Labute approximate surface area is 142 Å². The van der Waals surface area contributed by atoms with Crippen molar-refractivity contribution in [2.24, 2.45) is 0 Å². The van der Waals surface area contributed by atoms with Crippen molar-refractivity contribution in [2.75, 3.05) is 19.8 Å². The van der Waals surface area contributed by atoms with Crippen molar-refractivity contribution < 1.29 is 14.3 Å². The Morgan fingerprint density at radius 3 is 2.62 bits per heavy atom. The van der Waals surface area contributed by atoms with E-state index in [1.54, 1.807) is 12.1 Å². The maximum absolute atomic E-state index is 12.1. The summed E-state index contributed by atoms with van der Waals surface area (Å²) in [5.41, 5.74) is 1.86. The molecule has 0 aromatic heterocycles. The molecule has 3 rings (SSSR count). The van der Waals surface area contributed by atoms with Crippen LogP contribution in [0.5, 0.6) is 5.75 Å². The lowest BCUT2D eigenvalue weighted by atomic mass is 10.1. The van der Waals surface area contributed by atoms with Crippen molar-refractivity contribution >= 4 is 5.91 Å². The third kappa shape index (κ3) is 4.83. The van der Waals surface area contributed by atoms with Crippen LogP contribution in [0.25, 0.3) is 0 Å². The summed E-state index contributed by atoms with van der Waals surface area (Å²) in [5, 5.41) is 2.94. The number of amides is 1. The first-order chi connectivity index (χ1) is 11.8. The minimum absolute atomic E-state index is 0.0587. The molecule has 1 heterocycles. The van der Waals surface area contributed by atoms with Gasteiger partial charge < -0.3 is 14.8 Å². The van der Waals surface area contributed by atoms with E-state index in [1.807, 2.05) is 30.3 Å². The molecule has 0 spiro atoms. The number of carbonyl (C=O) groups excluding carboxylic acids is 1. The Balaban J connectivity index is 1.43. The van der Waals surface area contributed by atoms with E-state index in [0.717, 1.165) is 31.6 Å². The third-order valence-corrected chi connectivity index (χ3v) is 4.12. The van der Waals surface area contributed by atoms with Gasteiger partial charge in [-0.2, -0.15) is 0 Å². The van der Waals surface area contributed by atoms with Gasteiger partial charge in [0.1, 0.15) is 12.4 Å². The Morgan fingerprint density at radius 1 is 1.12 bits per heavy atom. The van der Waals surface area contributed by atoms with Crippen LogP contribution in [0.1, 0.15) is 28.8 Å². The first-order valence-electron chi connectivity index (χ1n) is 8.48. The Morgan fingerprint density at radius 2 is 1.92 bits per heavy atom. The molecule has 0 radical (unpaired) electrons. The SMILES string of the molecule is O=C(NCCc1ccccc1)c1ccc(OCC2CCCO2)cc1. The van der Waals surface area contributed by atoms with Crippen molar-refractivity contribution in [3.8, 4) is 5.75 Å². The third-order valence-electron chi connectivity index (χ3n) is 4.12. The van der Waals surface area contributed by atoms with E-state index in [9.17, 15) is 4.79 Å². The molecule has 4 nitrogen and oxygen atoms in total. The molecule has 2 aromatic carbocycles. The van der Waals surface area contributed by atoms with Gasteiger partial charge in [-0.15, -0.1) is 0 Å². The van der Waals surface area contributed by atoms with Gasteiger partial charge in [0, 0.05) is 18.7 Å². The molecule has 4 heteroatoms. The summed E-state index contributed by atoms with van der Waals surface area (Å²) in [6, 6.07) is 17.4. The molecule has 0 bridgehead atoms. The molecule has 1 N–H and O–H groups in total. The summed E-state index contributed by atoms with van der Waals surface area (Å²) in [7, 11) is 0. The molecule has 126 valence electrons. The van der Waals surface area contributed by atoms with E-state index in [-0.39, 0.29) is 12.0 Å². The number of ether oxygens (including phenoxy) is 2. The van der Waals surface area contributed by atoms with Crippen LogP contribution in [0, 0.1) is 0 Å². The normalized spacial score (nSPS) is 16.8. The standard InChI is InChI=1S/C20H23NO3/c22-20(21-13-12-16-5-2-1-3-6-16)17-8-10-18(11-9-17)24-15-19-7-4-14-23-19/h1-3,5-6,8-11,19H,4,7,12-15H2,(H,21,22). The first-order valence-corrected chi connectivity index (χ1v) is 8.48. The largest absolute Gasteiger partial charge is 0.491 e. The number of rotatable bonds is 7. The van der Waals surface area contributed by atoms with Gasteiger partial charge in [-0.25, -0.2) is 0 Å². The summed E-state index contributed by atoms with van der Waals surface area (Å²) < 4.78 is 11.2. The molecular weight excluding hydrogens is 302 g/mol. The van der Waals surface area contributed by atoms with Gasteiger partial charge in [-0.05, 0) is 49.1 Å². The minimum atomic E-state index is -0.0587. The molecule has 1 aliphatic rings. The van der Waals surface area contributed by atoms with Crippen molar-refractivity contribution in [1.82, 2.24) is 5.32 Å². The van der Waals surface area contributed by atoms with Crippen molar-refractivity contribution in [3.63, 3.8) is 0 Å². The molecule has 0 aliphatic carbocycles. The fourth-order valence-electron chi connectivity index (χ4n) is 2.73. The van der Waals surface area contributed by atoms with E-state index < -0.39 is 0 Å². The molecule has 1 aliphatic heterocycles. The monoisotopic (exact) mass is 325 g/mol. The molecule has 1 saturated heterocycles. The predicted octanol–water partition coefficient (Wildman–Crippen LogP) is 3.22. The topological polar surface area (TPSA) is 47.6 Å². The lowest BCUT2D eigenvalue weighted by Gasteiger charge is -2.11. The number of benzene rings is 2. The number of hydrogen-bond donors (Lipinski definition) is 1. The van der Waals surface area contributed by atoms with Gasteiger partial charge in [-0.1, -0.05) is 30.3 Å². The Bertz CT molecular complexity index is 634. The molecule has 1 unspecified atom stereocenters. The highest BCUT2D eigenvalue weighted by atomic mass is 16.5. The zero-order valence-corrected chi connectivity index (χ0v) is 13.7. The van der Waals surface area contributed by atoms with Crippen LogP contribution in [-0.2, 0) is 11.2 Å². The highest BCUT2D eigenvalue weighted by Gasteiger charge is 2.16. The Kier molecular flexibility index (Phi) is 5.85.